The minimum absolute atomic E-state index is 0.572. The van der Waals surface area contributed by atoms with Crippen LogP contribution in [0.1, 0.15) is 11.1 Å². The molecule has 0 aliphatic heterocycles. The quantitative estimate of drug-likeness (QED) is 0.174. The molecule has 5 nitrogen and oxygen atoms in total. The van der Waals surface area contributed by atoms with E-state index in [9.17, 15) is 0 Å². The summed E-state index contributed by atoms with van der Waals surface area (Å²) in [6.07, 6.45) is 0.786. The molecule has 3 heterocycles. The number of para-hydroxylation sites is 1. The maximum Gasteiger partial charge on any atom is 0.164 e. The van der Waals surface area contributed by atoms with Crippen molar-refractivity contribution < 1.29 is 4.42 Å². The summed E-state index contributed by atoms with van der Waals surface area (Å²) >= 11 is 6.35. The Morgan fingerprint density at radius 2 is 0.935 bits per heavy atom. The van der Waals surface area contributed by atoms with Gasteiger partial charge in [-0.3, -0.25) is 0 Å². The molecule has 0 saturated heterocycles. The second kappa shape index (κ2) is 14.7. The molecule has 12 aromatic rings. The summed E-state index contributed by atoms with van der Waals surface area (Å²) in [4.78, 5) is 18.6. The van der Waals surface area contributed by atoms with Crippen molar-refractivity contribution in [2.45, 2.75) is 6.42 Å². The number of nitrogens with zero attached hydrogens (tertiary/aromatic N) is 3. The van der Waals surface area contributed by atoms with E-state index < -0.39 is 0 Å². The Balaban J connectivity index is 0.861. The van der Waals surface area contributed by atoms with Crippen molar-refractivity contribution in [2.75, 3.05) is 0 Å². The Morgan fingerprint density at radius 3 is 1.79 bits per heavy atom. The molecule has 0 aliphatic rings. The van der Waals surface area contributed by atoms with Gasteiger partial charge in [0.1, 0.15) is 11.2 Å². The van der Waals surface area contributed by atoms with Gasteiger partial charge in [-0.15, -0.1) is 0 Å². The number of aromatic nitrogens is 4. The fourth-order valence-corrected chi connectivity index (χ4v) is 8.97. The predicted molar refractivity (Wildman–Crippen MR) is 255 cm³/mol. The summed E-state index contributed by atoms with van der Waals surface area (Å²) in [5.41, 5.74) is 13.5. The summed E-state index contributed by atoms with van der Waals surface area (Å²) < 4.78 is 6.60. The normalized spacial score (nSPS) is 11.7. The number of halogens is 1. The van der Waals surface area contributed by atoms with Crippen LogP contribution in [0.25, 0.3) is 111 Å². The standard InChI is InChI=1S/C56H35ClN4O/c57-45-13-7-11-39(31-45)38-10-6-12-42(29-38)55-59-54(37-8-2-1-3-9-37)60-56(61-55)43-22-25-49-48-23-17-35(28-52(48)62-53(49)33-43)26-34-16-18-36-19-20-40(30-44(36)27-34)41-21-24-47-46-14-4-5-15-50(46)58-51(47)32-41/h1-25,27-33,58H,26H2. The van der Waals surface area contributed by atoms with Gasteiger partial charge in [0.15, 0.2) is 17.5 Å². The lowest BCUT2D eigenvalue weighted by molar-refractivity contribution is 0.668. The number of rotatable bonds is 7. The maximum absolute atomic E-state index is 6.60. The Morgan fingerprint density at radius 1 is 0.371 bits per heavy atom. The van der Waals surface area contributed by atoms with Gasteiger partial charge in [0.25, 0.3) is 0 Å². The largest absolute Gasteiger partial charge is 0.456 e. The first-order valence-corrected chi connectivity index (χ1v) is 21.1. The lowest BCUT2D eigenvalue weighted by atomic mass is 9.97. The highest BCUT2D eigenvalue weighted by Gasteiger charge is 2.16. The van der Waals surface area contributed by atoms with Gasteiger partial charge in [-0.05, 0) is 105 Å². The first-order chi connectivity index (χ1) is 30.5. The molecule has 6 heteroatoms. The Kier molecular flexibility index (Phi) is 8.54. The molecular weight excluding hydrogens is 780 g/mol. The molecule has 292 valence electrons. The molecule has 0 saturated carbocycles. The molecule has 0 unspecified atom stereocenters. The van der Waals surface area contributed by atoms with Gasteiger partial charge in [-0.2, -0.15) is 0 Å². The average Bonchev–Trinajstić information content (AvgIpc) is 3.88. The summed E-state index contributed by atoms with van der Waals surface area (Å²) in [6, 6.07) is 67.6. The van der Waals surface area contributed by atoms with Crippen LogP contribution in [0.15, 0.2) is 199 Å². The molecule has 12 rings (SSSR count). The third kappa shape index (κ3) is 6.56. The molecule has 0 atom stereocenters. The molecule has 0 bridgehead atoms. The van der Waals surface area contributed by atoms with Crippen LogP contribution in [0.2, 0.25) is 5.02 Å². The van der Waals surface area contributed by atoms with Gasteiger partial charge >= 0.3 is 0 Å². The third-order valence-corrected chi connectivity index (χ3v) is 12.1. The van der Waals surface area contributed by atoms with Crippen molar-refractivity contribution in [1.29, 1.82) is 0 Å². The third-order valence-electron chi connectivity index (χ3n) is 11.9. The molecule has 0 radical (unpaired) electrons. The topological polar surface area (TPSA) is 67.6 Å². The van der Waals surface area contributed by atoms with Crippen LogP contribution in [0, 0.1) is 0 Å². The van der Waals surface area contributed by atoms with Gasteiger partial charge in [-0.1, -0.05) is 151 Å². The van der Waals surface area contributed by atoms with E-state index >= 15 is 0 Å². The molecule has 0 spiro atoms. The number of furan rings is 1. The van der Waals surface area contributed by atoms with Gasteiger partial charge in [0.05, 0.1) is 0 Å². The van der Waals surface area contributed by atoms with E-state index in [0.717, 1.165) is 67.2 Å². The summed E-state index contributed by atoms with van der Waals surface area (Å²) in [5, 5.41) is 7.75. The Hall–Kier alpha value is -7.86. The zero-order chi connectivity index (χ0) is 41.1. The van der Waals surface area contributed by atoms with Crippen LogP contribution in [-0.2, 0) is 6.42 Å². The number of fused-ring (bicyclic) bond motifs is 7. The zero-order valence-electron chi connectivity index (χ0n) is 33.3. The molecule has 3 aromatic heterocycles. The van der Waals surface area contributed by atoms with E-state index in [1.807, 2.05) is 66.7 Å². The minimum Gasteiger partial charge on any atom is -0.456 e. The maximum atomic E-state index is 6.60. The smallest absolute Gasteiger partial charge is 0.164 e. The first kappa shape index (κ1) is 36.0. The van der Waals surface area contributed by atoms with E-state index in [0.29, 0.717) is 22.5 Å². The summed E-state index contributed by atoms with van der Waals surface area (Å²) in [7, 11) is 0. The molecule has 62 heavy (non-hydrogen) atoms. The minimum atomic E-state index is 0.572. The lowest BCUT2D eigenvalue weighted by Gasteiger charge is -2.10. The highest BCUT2D eigenvalue weighted by Crippen LogP contribution is 2.36. The Labute approximate surface area is 362 Å². The van der Waals surface area contributed by atoms with Crippen LogP contribution < -0.4 is 0 Å². The number of benzene rings is 9. The SMILES string of the molecule is Clc1cccc(-c2cccc(-c3nc(-c4ccccc4)nc(-c4ccc5c(c4)oc4cc(Cc6ccc7ccc(-c8ccc9c(c8)[nH]c8ccccc89)cc7c6)ccc45)n3)c2)c1. The highest BCUT2D eigenvalue weighted by atomic mass is 35.5. The predicted octanol–water partition coefficient (Wildman–Crippen LogP) is 15.1. The van der Waals surface area contributed by atoms with Crippen LogP contribution in [0.4, 0.5) is 0 Å². The van der Waals surface area contributed by atoms with E-state index in [2.05, 4.69) is 132 Å². The van der Waals surface area contributed by atoms with E-state index in [-0.39, 0.29) is 0 Å². The van der Waals surface area contributed by atoms with Gasteiger partial charge in [-0.25, -0.2) is 15.0 Å². The van der Waals surface area contributed by atoms with E-state index in [1.165, 1.54) is 43.8 Å². The molecular formula is C56H35ClN4O. The second-order valence-electron chi connectivity index (χ2n) is 15.9. The van der Waals surface area contributed by atoms with Crippen LogP contribution in [-0.4, -0.2) is 19.9 Å². The molecule has 0 amide bonds. The van der Waals surface area contributed by atoms with Crippen LogP contribution in [0.5, 0.6) is 0 Å². The lowest BCUT2D eigenvalue weighted by Crippen LogP contribution is -2.00. The van der Waals surface area contributed by atoms with E-state index in [1.54, 1.807) is 0 Å². The van der Waals surface area contributed by atoms with Crippen molar-refractivity contribution in [3.05, 3.63) is 210 Å². The van der Waals surface area contributed by atoms with Crippen LogP contribution in [0.3, 0.4) is 0 Å². The number of hydrogen-bond acceptors (Lipinski definition) is 4. The summed E-state index contributed by atoms with van der Waals surface area (Å²) in [6.45, 7) is 0. The van der Waals surface area contributed by atoms with Gasteiger partial charge in [0, 0.05) is 54.3 Å². The van der Waals surface area contributed by atoms with Crippen LogP contribution >= 0.6 is 11.6 Å². The van der Waals surface area contributed by atoms with Crippen molar-refractivity contribution >= 4 is 66.1 Å². The molecule has 9 aromatic carbocycles. The number of nitrogens with one attached hydrogen (secondary N) is 1. The number of hydrogen-bond donors (Lipinski definition) is 1. The van der Waals surface area contributed by atoms with Crippen molar-refractivity contribution in [3.63, 3.8) is 0 Å². The van der Waals surface area contributed by atoms with Gasteiger partial charge < -0.3 is 9.40 Å². The monoisotopic (exact) mass is 814 g/mol. The molecule has 0 fully saturated rings. The zero-order valence-corrected chi connectivity index (χ0v) is 34.1. The fourth-order valence-electron chi connectivity index (χ4n) is 8.78. The average molecular weight is 815 g/mol. The van der Waals surface area contributed by atoms with Crippen molar-refractivity contribution in [3.8, 4) is 56.4 Å². The molecule has 1 N–H and O–H groups in total. The number of aromatic amines is 1. The van der Waals surface area contributed by atoms with Crippen molar-refractivity contribution in [2.24, 2.45) is 0 Å². The second-order valence-corrected chi connectivity index (χ2v) is 16.3. The van der Waals surface area contributed by atoms with E-state index in [4.69, 9.17) is 31.0 Å². The van der Waals surface area contributed by atoms with Crippen molar-refractivity contribution in [1.82, 2.24) is 19.9 Å². The van der Waals surface area contributed by atoms with Gasteiger partial charge in [0.2, 0.25) is 0 Å². The fraction of sp³-hybridized carbons (Fsp3) is 0.0179. The first-order valence-electron chi connectivity index (χ1n) is 20.7. The number of H-pyrrole nitrogens is 1. The molecule has 0 aliphatic carbocycles. The Bertz CT molecular complexity index is 3700. The summed E-state index contributed by atoms with van der Waals surface area (Å²) in [5.74, 6) is 1.76. The highest BCUT2D eigenvalue weighted by molar-refractivity contribution is 6.30.